The van der Waals surface area contributed by atoms with Gasteiger partial charge in [0.1, 0.15) is 18.4 Å². The maximum Gasteiger partial charge on any atom is 0.120 e. The lowest BCUT2D eigenvalue weighted by Crippen LogP contribution is -2.04. The van der Waals surface area contributed by atoms with E-state index in [1.165, 1.54) is 5.56 Å². The molecule has 0 bridgehead atoms. The topological polar surface area (TPSA) is 45.9 Å². The van der Waals surface area contributed by atoms with Crippen LogP contribution in [0.2, 0.25) is 0 Å². The third-order valence-corrected chi connectivity index (χ3v) is 5.33. The number of nitrogens with zero attached hydrogens (tertiary/aromatic N) is 2. The normalized spacial score (nSPS) is 10.9. The molecule has 31 heavy (non-hydrogen) atoms. The quantitative estimate of drug-likeness (QED) is 0.351. The number of aryl methyl sites for hydroxylation is 1. The molecule has 3 aromatic carbocycles. The van der Waals surface area contributed by atoms with Crippen LogP contribution in [0.15, 0.2) is 72.8 Å². The number of aromatic nitrogens is 1. The Kier molecular flexibility index (Phi) is 6.00. The standard InChI is InChI=1S/C28H26N2O/c1-19(2)15-27-25(17-29)28(22-11-9-20(3)10-12-22)24-16-23(13-14-26(24)30-27)31-18-21-7-5-4-6-8-21/h4-14,16,19H,15,18H2,1-3H3. The molecule has 0 aliphatic heterocycles. The van der Waals surface area contributed by atoms with Crippen LogP contribution in [-0.2, 0) is 13.0 Å². The number of hydrogen-bond acceptors (Lipinski definition) is 3. The van der Waals surface area contributed by atoms with Crippen molar-refractivity contribution < 1.29 is 4.74 Å². The van der Waals surface area contributed by atoms with Crippen molar-refractivity contribution in [2.24, 2.45) is 5.92 Å². The van der Waals surface area contributed by atoms with Crippen molar-refractivity contribution in [2.75, 3.05) is 0 Å². The van der Waals surface area contributed by atoms with Crippen LogP contribution in [0.25, 0.3) is 22.0 Å². The zero-order valence-electron chi connectivity index (χ0n) is 18.2. The van der Waals surface area contributed by atoms with E-state index in [-0.39, 0.29) is 0 Å². The van der Waals surface area contributed by atoms with Gasteiger partial charge < -0.3 is 4.74 Å². The van der Waals surface area contributed by atoms with Crippen molar-refractivity contribution in [3.8, 4) is 22.9 Å². The molecule has 0 spiro atoms. The van der Waals surface area contributed by atoms with Gasteiger partial charge >= 0.3 is 0 Å². The fourth-order valence-corrected chi connectivity index (χ4v) is 3.80. The number of hydrogen-bond donors (Lipinski definition) is 0. The van der Waals surface area contributed by atoms with E-state index >= 15 is 0 Å². The monoisotopic (exact) mass is 406 g/mol. The second-order valence-electron chi connectivity index (χ2n) is 8.34. The summed E-state index contributed by atoms with van der Waals surface area (Å²) in [4.78, 5) is 4.87. The number of pyridine rings is 1. The number of fused-ring (bicyclic) bond motifs is 1. The second-order valence-corrected chi connectivity index (χ2v) is 8.34. The zero-order valence-corrected chi connectivity index (χ0v) is 18.2. The van der Waals surface area contributed by atoms with E-state index in [4.69, 9.17) is 9.72 Å². The molecule has 0 saturated carbocycles. The Morgan fingerprint density at radius 3 is 2.39 bits per heavy atom. The Morgan fingerprint density at radius 1 is 0.968 bits per heavy atom. The molecule has 0 saturated heterocycles. The van der Waals surface area contributed by atoms with E-state index in [1.54, 1.807) is 0 Å². The summed E-state index contributed by atoms with van der Waals surface area (Å²) in [6.45, 7) is 6.87. The largest absolute Gasteiger partial charge is 0.489 e. The summed E-state index contributed by atoms with van der Waals surface area (Å²) < 4.78 is 6.07. The van der Waals surface area contributed by atoms with Crippen LogP contribution in [0.4, 0.5) is 0 Å². The Bertz CT molecular complexity index is 1240. The minimum absolute atomic E-state index is 0.413. The van der Waals surface area contributed by atoms with E-state index in [0.717, 1.165) is 45.5 Å². The van der Waals surface area contributed by atoms with Gasteiger partial charge in [-0.15, -0.1) is 0 Å². The molecule has 0 aliphatic carbocycles. The molecule has 3 nitrogen and oxygen atoms in total. The van der Waals surface area contributed by atoms with Crippen LogP contribution in [0.5, 0.6) is 5.75 Å². The SMILES string of the molecule is Cc1ccc(-c2c(C#N)c(CC(C)C)nc3ccc(OCc4ccccc4)cc23)cc1. The number of nitriles is 1. The highest BCUT2D eigenvalue weighted by molar-refractivity contribution is 5.98. The Labute approximate surface area is 184 Å². The van der Waals surface area contributed by atoms with Gasteiger partial charge in [-0.25, -0.2) is 0 Å². The van der Waals surface area contributed by atoms with E-state index in [1.807, 2.05) is 48.5 Å². The molecule has 3 heteroatoms. The van der Waals surface area contributed by atoms with Crippen LogP contribution in [0, 0.1) is 24.2 Å². The van der Waals surface area contributed by atoms with Gasteiger partial charge in [0.2, 0.25) is 0 Å². The first-order valence-electron chi connectivity index (χ1n) is 10.7. The van der Waals surface area contributed by atoms with Crippen molar-refractivity contribution in [2.45, 2.75) is 33.8 Å². The van der Waals surface area contributed by atoms with Crippen LogP contribution in [0.3, 0.4) is 0 Å². The lowest BCUT2D eigenvalue weighted by atomic mass is 9.92. The predicted molar refractivity (Wildman–Crippen MR) is 126 cm³/mol. The molecule has 4 rings (SSSR count). The van der Waals surface area contributed by atoms with Gasteiger partial charge in [-0.3, -0.25) is 4.98 Å². The van der Waals surface area contributed by atoms with E-state index < -0.39 is 0 Å². The molecule has 1 heterocycles. The van der Waals surface area contributed by atoms with Crippen molar-refractivity contribution in [1.82, 2.24) is 4.98 Å². The van der Waals surface area contributed by atoms with Gasteiger partial charge in [0, 0.05) is 10.9 Å². The summed E-state index contributed by atoms with van der Waals surface area (Å²) >= 11 is 0. The average Bonchev–Trinajstić information content (AvgIpc) is 2.78. The molecule has 1 aromatic heterocycles. The fourth-order valence-electron chi connectivity index (χ4n) is 3.80. The third kappa shape index (κ3) is 4.59. The first kappa shape index (κ1) is 20.6. The van der Waals surface area contributed by atoms with Gasteiger partial charge in [-0.05, 0) is 48.6 Å². The molecule has 0 radical (unpaired) electrons. The van der Waals surface area contributed by atoms with E-state index in [2.05, 4.69) is 51.1 Å². The molecule has 0 fully saturated rings. The molecular formula is C28H26N2O. The Hall–Kier alpha value is -3.64. The maximum absolute atomic E-state index is 10.1. The highest BCUT2D eigenvalue weighted by atomic mass is 16.5. The Morgan fingerprint density at radius 2 is 1.71 bits per heavy atom. The van der Waals surface area contributed by atoms with Gasteiger partial charge in [0.15, 0.2) is 0 Å². The van der Waals surface area contributed by atoms with E-state index in [9.17, 15) is 5.26 Å². The van der Waals surface area contributed by atoms with Crippen LogP contribution >= 0.6 is 0 Å². The molecule has 0 amide bonds. The Balaban J connectivity index is 1.85. The highest BCUT2D eigenvalue weighted by Crippen LogP contribution is 2.35. The van der Waals surface area contributed by atoms with Gasteiger partial charge in [-0.2, -0.15) is 5.26 Å². The third-order valence-electron chi connectivity index (χ3n) is 5.33. The van der Waals surface area contributed by atoms with Crippen LogP contribution < -0.4 is 4.74 Å². The maximum atomic E-state index is 10.1. The molecule has 0 aliphatic rings. The minimum atomic E-state index is 0.413. The lowest BCUT2D eigenvalue weighted by molar-refractivity contribution is 0.306. The van der Waals surface area contributed by atoms with E-state index in [0.29, 0.717) is 18.1 Å². The van der Waals surface area contributed by atoms with Crippen LogP contribution in [0.1, 0.15) is 36.2 Å². The highest BCUT2D eigenvalue weighted by Gasteiger charge is 2.18. The fraction of sp³-hybridized carbons (Fsp3) is 0.214. The summed E-state index contributed by atoms with van der Waals surface area (Å²) in [7, 11) is 0. The van der Waals surface area contributed by atoms with Crippen molar-refractivity contribution in [3.63, 3.8) is 0 Å². The smallest absolute Gasteiger partial charge is 0.120 e. The summed E-state index contributed by atoms with van der Waals surface area (Å²) in [5.74, 6) is 1.18. The van der Waals surface area contributed by atoms with Gasteiger partial charge in [-0.1, -0.05) is 74.0 Å². The first-order chi connectivity index (χ1) is 15.0. The van der Waals surface area contributed by atoms with Gasteiger partial charge in [0.05, 0.1) is 16.8 Å². The predicted octanol–water partition coefficient (Wildman–Crippen LogP) is 6.86. The number of rotatable bonds is 6. The average molecular weight is 407 g/mol. The summed E-state index contributed by atoms with van der Waals surface area (Å²) in [5.41, 5.74) is 6.67. The molecule has 0 unspecified atom stereocenters. The molecular weight excluding hydrogens is 380 g/mol. The zero-order chi connectivity index (χ0) is 21.8. The van der Waals surface area contributed by atoms with Gasteiger partial charge in [0.25, 0.3) is 0 Å². The first-order valence-corrected chi connectivity index (χ1v) is 10.7. The number of benzene rings is 3. The molecule has 154 valence electrons. The van der Waals surface area contributed by atoms with Crippen molar-refractivity contribution in [1.29, 1.82) is 5.26 Å². The molecule has 0 atom stereocenters. The number of ether oxygens (including phenoxy) is 1. The summed E-state index contributed by atoms with van der Waals surface area (Å²) in [6, 6.07) is 26.9. The molecule has 4 aromatic rings. The van der Waals surface area contributed by atoms with Crippen molar-refractivity contribution in [3.05, 3.63) is 95.2 Å². The second kappa shape index (κ2) is 9.02. The lowest BCUT2D eigenvalue weighted by Gasteiger charge is -2.16. The van der Waals surface area contributed by atoms with Crippen LogP contribution in [-0.4, -0.2) is 4.98 Å². The van der Waals surface area contributed by atoms with Crippen molar-refractivity contribution >= 4 is 10.9 Å². The minimum Gasteiger partial charge on any atom is -0.489 e. The molecule has 0 N–H and O–H groups in total. The summed E-state index contributed by atoms with van der Waals surface area (Å²) in [5, 5.41) is 11.0. The summed E-state index contributed by atoms with van der Waals surface area (Å²) in [6.07, 6.45) is 0.768.